The lowest BCUT2D eigenvalue weighted by molar-refractivity contribution is -0.137. The highest BCUT2D eigenvalue weighted by molar-refractivity contribution is 5.27. The second kappa shape index (κ2) is 9.78. The number of rotatable bonds is 5. The summed E-state index contributed by atoms with van der Waals surface area (Å²) in [5, 5.41) is 8.54. The van der Waals surface area contributed by atoms with Crippen molar-refractivity contribution in [1.29, 1.82) is 5.26 Å². The Morgan fingerprint density at radius 2 is 1.41 bits per heavy atom. The number of hydrogen-bond donors (Lipinski definition) is 0. The standard InChI is InChI=1S/C24H29F4N/c25-23(16-29)15-19-5-3-17(4-6-19)1-2-18-7-9-20(10-8-18)21-11-13-22(14-12-21)24(26,27)28/h11-15,17-20H,1-10H2/b23-15-/t17-,18-,19-,20-. The first-order valence-electron chi connectivity index (χ1n) is 10.8. The Balaban J connectivity index is 1.38. The van der Waals surface area contributed by atoms with Gasteiger partial charge >= 0.3 is 6.18 Å². The van der Waals surface area contributed by atoms with E-state index >= 15 is 0 Å². The third-order valence-corrected chi connectivity index (χ3v) is 6.92. The Morgan fingerprint density at radius 1 is 0.897 bits per heavy atom. The number of halogens is 4. The number of nitrogens with zero attached hydrogens (tertiary/aromatic N) is 1. The molecule has 1 aromatic carbocycles. The molecule has 0 aromatic heterocycles. The summed E-state index contributed by atoms with van der Waals surface area (Å²) in [7, 11) is 0. The Kier molecular flexibility index (Phi) is 7.38. The van der Waals surface area contributed by atoms with Crippen molar-refractivity contribution in [2.24, 2.45) is 17.8 Å². The average molecular weight is 407 g/mol. The molecule has 0 radical (unpaired) electrons. The Hall–Kier alpha value is -1.83. The number of allylic oxidation sites excluding steroid dienone is 2. The minimum absolute atomic E-state index is 0.213. The van der Waals surface area contributed by atoms with Gasteiger partial charge in [-0.05, 0) is 98.8 Å². The van der Waals surface area contributed by atoms with Crippen molar-refractivity contribution < 1.29 is 17.6 Å². The zero-order valence-corrected chi connectivity index (χ0v) is 16.7. The summed E-state index contributed by atoms with van der Waals surface area (Å²) in [4.78, 5) is 0. The highest BCUT2D eigenvalue weighted by atomic mass is 19.4. The van der Waals surface area contributed by atoms with E-state index in [2.05, 4.69) is 0 Å². The molecular weight excluding hydrogens is 378 g/mol. The van der Waals surface area contributed by atoms with Crippen LogP contribution in [0, 0.1) is 29.1 Å². The van der Waals surface area contributed by atoms with Crippen LogP contribution in [0.3, 0.4) is 0 Å². The fourth-order valence-corrected chi connectivity index (χ4v) is 5.09. The predicted octanol–water partition coefficient (Wildman–Crippen LogP) is 7.94. The fraction of sp³-hybridized carbons (Fsp3) is 0.625. The molecular formula is C24H29F4N. The van der Waals surface area contributed by atoms with Crippen molar-refractivity contribution in [3.63, 3.8) is 0 Å². The van der Waals surface area contributed by atoms with Crippen molar-refractivity contribution >= 4 is 0 Å². The number of benzene rings is 1. The quantitative estimate of drug-likeness (QED) is 0.359. The lowest BCUT2D eigenvalue weighted by atomic mass is 9.74. The van der Waals surface area contributed by atoms with Crippen LogP contribution in [-0.2, 0) is 6.18 Å². The minimum Gasteiger partial charge on any atom is -0.195 e. The van der Waals surface area contributed by atoms with Crippen molar-refractivity contribution in [2.75, 3.05) is 0 Å². The van der Waals surface area contributed by atoms with Gasteiger partial charge in [-0.1, -0.05) is 25.0 Å². The Labute approximate surface area is 170 Å². The Bertz CT molecular complexity index is 713. The highest BCUT2D eigenvalue weighted by Gasteiger charge is 2.31. The fourth-order valence-electron chi connectivity index (χ4n) is 5.09. The minimum atomic E-state index is -4.27. The summed E-state index contributed by atoms with van der Waals surface area (Å²) in [5.41, 5.74) is 0.461. The highest BCUT2D eigenvalue weighted by Crippen LogP contribution is 2.40. The van der Waals surface area contributed by atoms with Crippen LogP contribution in [0.5, 0.6) is 0 Å². The van der Waals surface area contributed by atoms with Crippen LogP contribution >= 0.6 is 0 Å². The smallest absolute Gasteiger partial charge is 0.195 e. The van der Waals surface area contributed by atoms with Crippen LogP contribution in [0.4, 0.5) is 17.6 Å². The van der Waals surface area contributed by atoms with Gasteiger partial charge in [-0.3, -0.25) is 0 Å². The van der Waals surface area contributed by atoms with Crippen LogP contribution in [0.15, 0.2) is 36.2 Å². The van der Waals surface area contributed by atoms with Gasteiger partial charge in [0.1, 0.15) is 6.07 Å². The van der Waals surface area contributed by atoms with Crippen LogP contribution in [0.1, 0.15) is 81.3 Å². The van der Waals surface area contributed by atoms with E-state index in [1.54, 1.807) is 18.2 Å². The second-order valence-corrected chi connectivity index (χ2v) is 8.82. The lowest BCUT2D eigenvalue weighted by Gasteiger charge is -2.31. The average Bonchev–Trinajstić information content (AvgIpc) is 2.73. The molecule has 2 fully saturated rings. The van der Waals surface area contributed by atoms with Crippen LogP contribution in [-0.4, -0.2) is 0 Å². The molecule has 0 unspecified atom stereocenters. The zero-order valence-electron chi connectivity index (χ0n) is 16.7. The van der Waals surface area contributed by atoms with Crippen molar-refractivity contribution in [1.82, 2.24) is 0 Å². The summed E-state index contributed by atoms with van der Waals surface area (Å²) in [6.07, 6.45) is 8.23. The molecule has 2 aliphatic rings. The largest absolute Gasteiger partial charge is 0.416 e. The molecule has 2 saturated carbocycles. The maximum Gasteiger partial charge on any atom is 0.416 e. The zero-order chi connectivity index (χ0) is 20.9. The number of alkyl halides is 3. The van der Waals surface area contributed by atoms with Gasteiger partial charge in [-0.15, -0.1) is 0 Å². The van der Waals surface area contributed by atoms with Gasteiger partial charge in [-0.2, -0.15) is 22.8 Å². The lowest BCUT2D eigenvalue weighted by Crippen LogP contribution is -2.17. The van der Waals surface area contributed by atoms with E-state index in [0.29, 0.717) is 17.8 Å². The SMILES string of the molecule is N#C/C(F)=C/[C@H]1CC[C@H](CC[C@H]2CC[C@H](c3ccc(C(F)(F)F)cc3)CC2)CC1. The van der Waals surface area contributed by atoms with Gasteiger partial charge in [0.2, 0.25) is 0 Å². The summed E-state index contributed by atoms with van der Waals surface area (Å²) >= 11 is 0. The molecule has 0 aliphatic heterocycles. The third kappa shape index (κ3) is 6.32. The van der Waals surface area contributed by atoms with E-state index in [4.69, 9.17) is 5.26 Å². The van der Waals surface area contributed by atoms with E-state index in [0.717, 1.165) is 56.9 Å². The number of nitriles is 1. The van der Waals surface area contributed by atoms with Crippen molar-refractivity contribution in [2.45, 2.75) is 76.3 Å². The van der Waals surface area contributed by atoms with E-state index in [1.807, 2.05) is 0 Å². The summed E-state index contributed by atoms with van der Waals surface area (Å²) in [6.45, 7) is 0. The van der Waals surface area contributed by atoms with Gasteiger partial charge in [0.25, 0.3) is 0 Å². The van der Waals surface area contributed by atoms with Crippen molar-refractivity contribution in [3.05, 3.63) is 47.3 Å². The van der Waals surface area contributed by atoms with Gasteiger partial charge in [-0.25, -0.2) is 0 Å². The monoisotopic (exact) mass is 407 g/mol. The first-order chi connectivity index (χ1) is 13.8. The Morgan fingerprint density at radius 3 is 1.90 bits per heavy atom. The molecule has 1 aromatic rings. The van der Waals surface area contributed by atoms with Gasteiger partial charge in [0.05, 0.1) is 5.56 Å². The topological polar surface area (TPSA) is 23.8 Å². The molecule has 0 N–H and O–H groups in total. The summed E-state index contributed by atoms with van der Waals surface area (Å²) in [5.74, 6) is 1.36. The van der Waals surface area contributed by atoms with Crippen LogP contribution in [0.25, 0.3) is 0 Å². The third-order valence-electron chi connectivity index (χ3n) is 6.92. The van der Waals surface area contributed by atoms with Gasteiger partial charge < -0.3 is 0 Å². The molecule has 0 spiro atoms. The maximum atomic E-state index is 13.1. The van der Waals surface area contributed by atoms with Crippen LogP contribution < -0.4 is 0 Å². The first-order valence-corrected chi connectivity index (χ1v) is 10.8. The second-order valence-electron chi connectivity index (χ2n) is 8.82. The van der Waals surface area contributed by atoms with E-state index in [1.165, 1.54) is 31.1 Å². The molecule has 0 heterocycles. The molecule has 29 heavy (non-hydrogen) atoms. The van der Waals surface area contributed by atoms with E-state index < -0.39 is 17.6 Å². The van der Waals surface area contributed by atoms with Crippen molar-refractivity contribution in [3.8, 4) is 6.07 Å². The summed E-state index contributed by atoms with van der Waals surface area (Å²) in [6, 6.07) is 7.27. The first kappa shape index (κ1) is 21.9. The number of hydrogen-bond acceptors (Lipinski definition) is 1. The molecule has 0 bridgehead atoms. The van der Waals surface area contributed by atoms with Gasteiger partial charge in [0, 0.05) is 0 Å². The maximum absolute atomic E-state index is 13.1. The van der Waals surface area contributed by atoms with Crippen LogP contribution in [0.2, 0.25) is 0 Å². The molecule has 0 atom stereocenters. The molecule has 5 heteroatoms. The molecule has 0 amide bonds. The molecule has 2 aliphatic carbocycles. The molecule has 158 valence electrons. The molecule has 1 nitrogen and oxygen atoms in total. The molecule has 0 saturated heterocycles. The predicted molar refractivity (Wildman–Crippen MR) is 106 cm³/mol. The van der Waals surface area contributed by atoms with E-state index in [-0.39, 0.29) is 5.92 Å². The normalized spacial score (nSPS) is 28.7. The van der Waals surface area contributed by atoms with E-state index in [9.17, 15) is 17.6 Å². The summed E-state index contributed by atoms with van der Waals surface area (Å²) < 4.78 is 51.2. The molecule has 3 rings (SSSR count). The van der Waals surface area contributed by atoms with Gasteiger partial charge in [0.15, 0.2) is 5.83 Å².